The van der Waals surface area contributed by atoms with E-state index >= 15 is 0 Å². The molecule has 0 saturated carbocycles. The summed E-state index contributed by atoms with van der Waals surface area (Å²) in [5, 5.41) is 8.99. The number of nitrogens with zero attached hydrogens (tertiary/aromatic N) is 2. The van der Waals surface area contributed by atoms with E-state index in [-0.39, 0.29) is 23.2 Å². The van der Waals surface area contributed by atoms with Crippen molar-refractivity contribution in [3.05, 3.63) is 53.9 Å². The second kappa shape index (κ2) is 5.75. The SMILES string of the molecule is N#Cc1ncccc1S(=O)(=O)NC1COc2ccccc2C1. The number of benzene rings is 1. The van der Waals surface area contributed by atoms with Gasteiger partial charge in [0.25, 0.3) is 0 Å². The summed E-state index contributed by atoms with van der Waals surface area (Å²) < 4.78 is 33.0. The van der Waals surface area contributed by atoms with Gasteiger partial charge in [0.2, 0.25) is 10.0 Å². The van der Waals surface area contributed by atoms with Crippen LogP contribution in [0.2, 0.25) is 0 Å². The molecule has 3 rings (SSSR count). The molecule has 0 fully saturated rings. The zero-order valence-corrected chi connectivity index (χ0v) is 12.4. The molecule has 112 valence electrons. The fourth-order valence-corrected chi connectivity index (χ4v) is 3.71. The Hall–Kier alpha value is -2.43. The van der Waals surface area contributed by atoms with Crippen molar-refractivity contribution in [1.82, 2.24) is 9.71 Å². The number of sulfonamides is 1. The number of pyridine rings is 1. The van der Waals surface area contributed by atoms with Gasteiger partial charge >= 0.3 is 0 Å². The third-order valence-electron chi connectivity index (χ3n) is 3.37. The van der Waals surface area contributed by atoms with Gasteiger partial charge in [0, 0.05) is 6.20 Å². The minimum absolute atomic E-state index is 0.114. The molecule has 0 saturated heterocycles. The van der Waals surface area contributed by atoms with E-state index in [4.69, 9.17) is 10.00 Å². The number of rotatable bonds is 3. The molecule has 2 heterocycles. The summed E-state index contributed by atoms with van der Waals surface area (Å²) in [6, 6.07) is 11.8. The smallest absolute Gasteiger partial charge is 0.243 e. The first-order valence-corrected chi connectivity index (χ1v) is 8.16. The molecule has 0 radical (unpaired) electrons. The van der Waals surface area contributed by atoms with Gasteiger partial charge in [-0.3, -0.25) is 0 Å². The van der Waals surface area contributed by atoms with Gasteiger partial charge in [0.15, 0.2) is 5.69 Å². The predicted molar refractivity (Wildman–Crippen MR) is 78.7 cm³/mol. The van der Waals surface area contributed by atoms with Gasteiger partial charge in [-0.2, -0.15) is 5.26 Å². The minimum Gasteiger partial charge on any atom is -0.492 e. The van der Waals surface area contributed by atoms with E-state index in [1.807, 2.05) is 24.3 Å². The lowest BCUT2D eigenvalue weighted by molar-refractivity contribution is 0.254. The number of fused-ring (bicyclic) bond motifs is 1. The largest absolute Gasteiger partial charge is 0.492 e. The van der Waals surface area contributed by atoms with Gasteiger partial charge in [0.05, 0.1) is 6.04 Å². The van der Waals surface area contributed by atoms with Gasteiger partial charge in [-0.25, -0.2) is 18.1 Å². The molecule has 1 unspecified atom stereocenters. The number of ether oxygens (including phenoxy) is 1. The summed E-state index contributed by atoms with van der Waals surface area (Å²) in [6.45, 7) is 0.248. The summed E-state index contributed by atoms with van der Waals surface area (Å²) in [7, 11) is -3.82. The average molecular weight is 315 g/mol. The number of para-hydroxylation sites is 1. The summed E-state index contributed by atoms with van der Waals surface area (Å²) in [4.78, 5) is 3.67. The molecule has 0 bridgehead atoms. The predicted octanol–water partition coefficient (Wildman–Crippen LogP) is 1.24. The highest BCUT2D eigenvalue weighted by molar-refractivity contribution is 7.89. The third kappa shape index (κ3) is 2.79. The molecule has 1 aromatic heterocycles. The van der Waals surface area contributed by atoms with Crippen LogP contribution in [-0.2, 0) is 16.4 Å². The standard InChI is InChI=1S/C15H13N3O3S/c16-9-13-15(6-3-7-17-13)22(19,20)18-12-8-11-4-1-2-5-14(11)21-10-12/h1-7,12,18H,8,10H2. The van der Waals surface area contributed by atoms with Crippen LogP contribution in [0.5, 0.6) is 5.75 Å². The highest BCUT2D eigenvalue weighted by Crippen LogP contribution is 2.24. The Kier molecular flexibility index (Phi) is 3.79. The van der Waals surface area contributed by atoms with Gasteiger partial charge in [-0.05, 0) is 30.2 Å². The van der Waals surface area contributed by atoms with Crippen LogP contribution >= 0.6 is 0 Å². The molecule has 7 heteroatoms. The van der Waals surface area contributed by atoms with Crippen LogP contribution in [0.15, 0.2) is 47.5 Å². The molecule has 0 aliphatic carbocycles. The second-order valence-corrected chi connectivity index (χ2v) is 6.59. The Morgan fingerprint density at radius 1 is 1.27 bits per heavy atom. The fraction of sp³-hybridized carbons (Fsp3) is 0.200. The van der Waals surface area contributed by atoms with Crippen LogP contribution in [0.1, 0.15) is 11.3 Å². The molecule has 1 N–H and O–H groups in total. The molecule has 2 aromatic rings. The minimum atomic E-state index is -3.82. The lowest BCUT2D eigenvalue weighted by Gasteiger charge is -2.25. The van der Waals surface area contributed by atoms with Crippen molar-refractivity contribution in [1.29, 1.82) is 5.26 Å². The molecule has 1 aliphatic heterocycles. The molecule has 1 atom stereocenters. The number of hydrogen-bond acceptors (Lipinski definition) is 5. The first kappa shape index (κ1) is 14.5. The normalized spacial score (nSPS) is 17.1. The van der Waals surface area contributed by atoms with Gasteiger partial charge < -0.3 is 4.74 Å². The van der Waals surface area contributed by atoms with Gasteiger partial charge in [0.1, 0.15) is 23.3 Å². The van der Waals surface area contributed by atoms with Crippen LogP contribution in [0.25, 0.3) is 0 Å². The fourth-order valence-electron chi connectivity index (χ4n) is 2.38. The van der Waals surface area contributed by atoms with Crippen molar-refractivity contribution in [2.45, 2.75) is 17.4 Å². The van der Waals surface area contributed by atoms with Crippen LogP contribution in [-0.4, -0.2) is 26.1 Å². The average Bonchev–Trinajstić information content (AvgIpc) is 2.54. The number of aromatic nitrogens is 1. The number of hydrogen-bond donors (Lipinski definition) is 1. The van der Waals surface area contributed by atoms with Crippen molar-refractivity contribution in [2.24, 2.45) is 0 Å². The molecule has 22 heavy (non-hydrogen) atoms. The first-order chi connectivity index (χ1) is 10.6. The lowest BCUT2D eigenvalue weighted by Crippen LogP contribution is -2.42. The Morgan fingerprint density at radius 3 is 2.91 bits per heavy atom. The number of nitriles is 1. The van der Waals surface area contributed by atoms with E-state index in [9.17, 15) is 8.42 Å². The highest BCUT2D eigenvalue weighted by atomic mass is 32.2. The Bertz CT molecular complexity index is 843. The van der Waals surface area contributed by atoms with E-state index in [0.717, 1.165) is 11.3 Å². The van der Waals surface area contributed by atoms with Crippen molar-refractivity contribution < 1.29 is 13.2 Å². The van der Waals surface area contributed by atoms with E-state index in [1.165, 1.54) is 18.3 Å². The zero-order valence-electron chi connectivity index (χ0n) is 11.6. The molecule has 1 aromatic carbocycles. The highest BCUT2D eigenvalue weighted by Gasteiger charge is 2.27. The van der Waals surface area contributed by atoms with Gasteiger partial charge in [-0.1, -0.05) is 18.2 Å². The van der Waals surface area contributed by atoms with Crippen molar-refractivity contribution in [3.63, 3.8) is 0 Å². The zero-order chi connectivity index (χ0) is 15.6. The van der Waals surface area contributed by atoms with Crippen LogP contribution < -0.4 is 9.46 Å². The van der Waals surface area contributed by atoms with Crippen molar-refractivity contribution >= 4 is 10.0 Å². The number of nitrogens with one attached hydrogen (secondary N) is 1. The summed E-state index contributed by atoms with van der Waals surface area (Å²) in [5.74, 6) is 0.775. The van der Waals surface area contributed by atoms with Crippen molar-refractivity contribution in [2.75, 3.05) is 6.61 Å². The second-order valence-electron chi connectivity index (χ2n) is 4.90. The van der Waals surface area contributed by atoms with E-state index in [1.54, 1.807) is 6.07 Å². The quantitative estimate of drug-likeness (QED) is 0.920. The van der Waals surface area contributed by atoms with Crippen LogP contribution in [0, 0.1) is 11.3 Å². The first-order valence-electron chi connectivity index (χ1n) is 6.68. The Morgan fingerprint density at radius 2 is 2.09 bits per heavy atom. The van der Waals surface area contributed by atoms with Gasteiger partial charge in [-0.15, -0.1) is 0 Å². The lowest BCUT2D eigenvalue weighted by atomic mass is 10.0. The van der Waals surface area contributed by atoms with E-state index in [2.05, 4.69) is 9.71 Å². The van der Waals surface area contributed by atoms with E-state index < -0.39 is 10.0 Å². The maximum absolute atomic E-state index is 12.4. The molecule has 1 aliphatic rings. The van der Waals surface area contributed by atoms with Crippen molar-refractivity contribution in [3.8, 4) is 11.8 Å². The van der Waals surface area contributed by atoms with E-state index in [0.29, 0.717) is 6.42 Å². The van der Waals surface area contributed by atoms with Crippen LogP contribution in [0.4, 0.5) is 0 Å². The summed E-state index contributed by atoms with van der Waals surface area (Å²) >= 11 is 0. The third-order valence-corrected chi connectivity index (χ3v) is 4.92. The maximum Gasteiger partial charge on any atom is 0.243 e. The molecule has 0 amide bonds. The topological polar surface area (TPSA) is 92.1 Å². The molecule has 0 spiro atoms. The molecular weight excluding hydrogens is 302 g/mol. The Balaban J connectivity index is 1.83. The van der Waals surface area contributed by atoms with Crippen LogP contribution in [0.3, 0.4) is 0 Å². The molecular formula is C15H13N3O3S. The summed E-state index contributed by atoms with van der Waals surface area (Å²) in [6.07, 6.45) is 1.93. The molecule has 6 nitrogen and oxygen atoms in total. The monoisotopic (exact) mass is 315 g/mol. The Labute approximate surface area is 128 Å². The summed E-state index contributed by atoms with van der Waals surface area (Å²) in [5.41, 5.74) is 0.834. The maximum atomic E-state index is 12.4.